The third kappa shape index (κ3) is 3.21. The van der Waals surface area contributed by atoms with E-state index in [9.17, 15) is 4.79 Å². The molecule has 1 aliphatic heterocycles. The number of hydrogen-bond donors (Lipinski definition) is 2. The number of carbonyl (C=O) groups excluding carboxylic acids is 1. The van der Waals surface area contributed by atoms with Gasteiger partial charge in [0.15, 0.2) is 5.13 Å². The van der Waals surface area contributed by atoms with Crippen molar-refractivity contribution in [3.63, 3.8) is 0 Å². The first-order chi connectivity index (χ1) is 9.38. The summed E-state index contributed by atoms with van der Waals surface area (Å²) in [5.41, 5.74) is 5.89. The van der Waals surface area contributed by atoms with Gasteiger partial charge in [-0.15, -0.1) is 0 Å². The predicted molar refractivity (Wildman–Crippen MR) is 81.2 cm³/mol. The zero-order chi connectivity index (χ0) is 14.9. The Hall–Kier alpha value is -1.34. The van der Waals surface area contributed by atoms with E-state index in [0.717, 1.165) is 0 Å². The summed E-state index contributed by atoms with van der Waals surface area (Å²) >= 11 is 1.31. The molecule has 1 fully saturated rings. The monoisotopic (exact) mass is 298 g/mol. The smallest absolute Gasteiger partial charge is 0.268 e. The SMILES string of the molecule is CC(C)Nc1nc(N)c(C(=O)N2CC(C)OCC2C)s1. The van der Waals surface area contributed by atoms with Crippen molar-refractivity contribution in [2.75, 3.05) is 24.2 Å². The second kappa shape index (κ2) is 5.97. The van der Waals surface area contributed by atoms with Crippen LogP contribution in [0.2, 0.25) is 0 Å². The van der Waals surface area contributed by atoms with Crippen LogP contribution in [0.4, 0.5) is 10.9 Å². The fraction of sp³-hybridized carbons (Fsp3) is 0.692. The predicted octanol–water partition coefficient (Wildman–Crippen LogP) is 1.79. The summed E-state index contributed by atoms with van der Waals surface area (Å²) < 4.78 is 5.54. The zero-order valence-electron chi connectivity index (χ0n) is 12.3. The summed E-state index contributed by atoms with van der Waals surface area (Å²) in [7, 11) is 0. The van der Waals surface area contributed by atoms with Crippen molar-refractivity contribution in [1.29, 1.82) is 0 Å². The number of rotatable bonds is 3. The molecule has 0 bridgehead atoms. The van der Waals surface area contributed by atoms with Gasteiger partial charge >= 0.3 is 0 Å². The third-order valence-electron chi connectivity index (χ3n) is 3.13. The second-order valence-electron chi connectivity index (χ2n) is 5.48. The molecule has 0 aliphatic carbocycles. The minimum absolute atomic E-state index is 0.0533. The molecule has 1 aliphatic rings. The van der Waals surface area contributed by atoms with Crippen molar-refractivity contribution in [3.8, 4) is 0 Å². The van der Waals surface area contributed by atoms with Crippen LogP contribution in [0, 0.1) is 0 Å². The topological polar surface area (TPSA) is 80.5 Å². The minimum Gasteiger partial charge on any atom is -0.382 e. The van der Waals surface area contributed by atoms with Gasteiger partial charge in [0.2, 0.25) is 0 Å². The molecule has 112 valence electrons. The summed E-state index contributed by atoms with van der Waals surface area (Å²) in [4.78, 5) is 19.2. The van der Waals surface area contributed by atoms with Gasteiger partial charge in [-0.2, -0.15) is 0 Å². The summed E-state index contributed by atoms with van der Waals surface area (Å²) in [5, 5.41) is 3.87. The normalized spacial score (nSPS) is 23.1. The number of aromatic nitrogens is 1. The van der Waals surface area contributed by atoms with Gasteiger partial charge in [0, 0.05) is 12.6 Å². The molecule has 0 spiro atoms. The Labute approximate surface area is 123 Å². The first-order valence-electron chi connectivity index (χ1n) is 6.84. The van der Waals surface area contributed by atoms with Crippen molar-refractivity contribution in [2.45, 2.75) is 45.9 Å². The molecule has 0 aromatic carbocycles. The maximum absolute atomic E-state index is 12.6. The Kier molecular flexibility index (Phi) is 4.49. The molecule has 3 N–H and O–H groups in total. The first-order valence-corrected chi connectivity index (χ1v) is 7.65. The molecule has 6 nitrogen and oxygen atoms in total. The van der Waals surface area contributed by atoms with Gasteiger partial charge in [-0.05, 0) is 27.7 Å². The first kappa shape index (κ1) is 15.1. The molecule has 2 unspecified atom stereocenters. The van der Waals surface area contributed by atoms with Gasteiger partial charge in [0.05, 0.1) is 18.8 Å². The number of thiazole rings is 1. The van der Waals surface area contributed by atoms with Crippen LogP contribution in [0.25, 0.3) is 0 Å². The number of nitrogens with zero attached hydrogens (tertiary/aromatic N) is 2. The van der Waals surface area contributed by atoms with E-state index in [-0.39, 0.29) is 24.1 Å². The molecule has 7 heteroatoms. The van der Waals surface area contributed by atoms with E-state index in [1.165, 1.54) is 11.3 Å². The Balaban J connectivity index is 2.17. The molecule has 0 radical (unpaired) electrons. The lowest BCUT2D eigenvalue weighted by molar-refractivity contribution is -0.0385. The number of amides is 1. The van der Waals surface area contributed by atoms with Gasteiger partial charge in [-0.1, -0.05) is 11.3 Å². The standard InChI is InChI=1S/C13H22N4O2S/c1-7(2)15-13-16-11(14)10(20-13)12(18)17-5-9(4)19-6-8(17)3/h7-9H,5-6,14H2,1-4H3,(H,15,16). The summed E-state index contributed by atoms with van der Waals surface area (Å²) in [6.45, 7) is 9.13. The number of hydrogen-bond acceptors (Lipinski definition) is 6. The van der Waals surface area contributed by atoms with Crippen molar-refractivity contribution >= 4 is 28.2 Å². The highest BCUT2D eigenvalue weighted by atomic mass is 32.1. The lowest BCUT2D eigenvalue weighted by Crippen LogP contribution is -2.50. The van der Waals surface area contributed by atoms with Crippen LogP contribution >= 0.6 is 11.3 Å². The fourth-order valence-corrected chi connectivity index (χ4v) is 3.10. The van der Waals surface area contributed by atoms with E-state index in [1.807, 2.05) is 32.6 Å². The van der Waals surface area contributed by atoms with Crippen molar-refractivity contribution in [2.24, 2.45) is 0 Å². The second-order valence-corrected chi connectivity index (χ2v) is 6.48. The van der Waals surface area contributed by atoms with Crippen molar-refractivity contribution in [1.82, 2.24) is 9.88 Å². The van der Waals surface area contributed by atoms with Crippen molar-refractivity contribution in [3.05, 3.63) is 4.88 Å². The molecule has 1 aromatic heterocycles. The van der Waals surface area contributed by atoms with Gasteiger partial charge < -0.3 is 20.7 Å². The number of carbonyl (C=O) groups is 1. The fourth-order valence-electron chi connectivity index (χ4n) is 2.11. The Bertz CT molecular complexity index is 489. The average molecular weight is 298 g/mol. The van der Waals surface area contributed by atoms with Crippen LogP contribution in [0.5, 0.6) is 0 Å². The highest BCUT2D eigenvalue weighted by Gasteiger charge is 2.30. The number of nitrogens with one attached hydrogen (secondary N) is 1. The zero-order valence-corrected chi connectivity index (χ0v) is 13.2. The quantitative estimate of drug-likeness (QED) is 0.889. The molecule has 1 saturated heterocycles. The van der Waals surface area contributed by atoms with E-state index in [4.69, 9.17) is 10.5 Å². The number of morpholine rings is 1. The Morgan fingerprint density at radius 2 is 2.25 bits per heavy atom. The van der Waals surface area contributed by atoms with Crippen LogP contribution in [0.15, 0.2) is 0 Å². The third-order valence-corrected chi connectivity index (χ3v) is 4.12. The number of nitrogens with two attached hydrogens (primary N) is 1. The number of nitrogen functional groups attached to an aromatic ring is 1. The summed E-state index contributed by atoms with van der Waals surface area (Å²) in [6, 6.07) is 0.313. The largest absolute Gasteiger partial charge is 0.382 e. The highest BCUT2D eigenvalue weighted by Crippen LogP contribution is 2.28. The summed E-state index contributed by atoms with van der Waals surface area (Å²) in [5.74, 6) is 0.244. The Morgan fingerprint density at radius 1 is 1.55 bits per heavy atom. The maximum Gasteiger partial charge on any atom is 0.268 e. The molecule has 20 heavy (non-hydrogen) atoms. The van der Waals surface area contributed by atoms with Gasteiger partial charge in [-0.25, -0.2) is 4.98 Å². The molecule has 1 amide bonds. The van der Waals surface area contributed by atoms with E-state index >= 15 is 0 Å². The van der Waals surface area contributed by atoms with Crippen LogP contribution in [-0.4, -0.2) is 47.1 Å². The molecular weight excluding hydrogens is 276 g/mol. The molecule has 2 rings (SSSR count). The van der Waals surface area contributed by atoms with Crippen LogP contribution in [0.1, 0.15) is 37.4 Å². The average Bonchev–Trinajstić information content (AvgIpc) is 2.71. The van der Waals surface area contributed by atoms with Crippen LogP contribution < -0.4 is 11.1 Å². The number of anilines is 2. The van der Waals surface area contributed by atoms with E-state index in [0.29, 0.717) is 29.0 Å². The molecule has 0 saturated carbocycles. The van der Waals surface area contributed by atoms with E-state index in [2.05, 4.69) is 10.3 Å². The molecule has 2 atom stereocenters. The van der Waals surface area contributed by atoms with Gasteiger partial charge in [0.25, 0.3) is 5.91 Å². The van der Waals surface area contributed by atoms with E-state index < -0.39 is 0 Å². The maximum atomic E-state index is 12.6. The molecule has 2 heterocycles. The lowest BCUT2D eigenvalue weighted by Gasteiger charge is -2.36. The molecular formula is C13H22N4O2S. The van der Waals surface area contributed by atoms with Gasteiger partial charge in [-0.3, -0.25) is 4.79 Å². The Morgan fingerprint density at radius 3 is 2.90 bits per heavy atom. The van der Waals surface area contributed by atoms with Crippen LogP contribution in [-0.2, 0) is 4.74 Å². The molecule has 1 aromatic rings. The number of ether oxygens (including phenoxy) is 1. The highest BCUT2D eigenvalue weighted by molar-refractivity contribution is 7.18. The van der Waals surface area contributed by atoms with Crippen LogP contribution in [0.3, 0.4) is 0 Å². The minimum atomic E-state index is -0.0561. The van der Waals surface area contributed by atoms with E-state index in [1.54, 1.807) is 0 Å². The van der Waals surface area contributed by atoms with Gasteiger partial charge in [0.1, 0.15) is 10.7 Å². The lowest BCUT2D eigenvalue weighted by atomic mass is 10.2. The summed E-state index contributed by atoms with van der Waals surface area (Å²) in [6.07, 6.45) is 0.0533. The van der Waals surface area contributed by atoms with Crippen molar-refractivity contribution < 1.29 is 9.53 Å².